The van der Waals surface area contributed by atoms with Gasteiger partial charge in [0.1, 0.15) is 16.8 Å². The van der Waals surface area contributed by atoms with Gasteiger partial charge >= 0.3 is 0 Å². The maximum atomic E-state index is 11.4. The largest absolute Gasteiger partial charge is 0.494 e. The first-order valence-electron chi connectivity index (χ1n) is 5.32. The number of amides is 1. The van der Waals surface area contributed by atoms with Crippen LogP contribution in [0.15, 0.2) is 18.2 Å². The first kappa shape index (κ1) is 14.2. The minimum absolute atomic E-state index is 0.0981. The van der Waals surface area contributed by atoms with Crippen LogP contribution in [0.1, 0.15) is 13.8 Å². The molecule has 1 aromatic carbocycles. The molecule has 1 amide bonds. The van der Waals surface area contributed by atoms with E-state index in [1.165, 1.54) is 19.1 Å². The molecule has 18 heavy (non-hydrogen) atoms. The minimum atomic E-state index is -0.767. The lowest BCUT2D eigenvalue weighted by Gasteiger charge is -2.09. The van der Waals surface area contributed by atoms with Gasteiger partial charge in [-0.2, -0.15) is 0 Å². The van der Waals surface area contributed by atoms with Gasteiger partial charge in [-0.1, -0.05) is 0 Å². The normalized spacial score (nSPS) is 11.7. The van der Waals surface area contributed by atoms with Crippen molar-refractivity contribution in [3.63, 3.8) is 0 Å². The van der Waals surface area contributed by atoms with Crippen LogP contribution in [-0.4, -0.2) is 22.8 Å². The lowest BCUT2D eigenvalue weighted by atomic mass is 10.2. The molecule has 1 atom stereocenters. The first-order chi connectivity index (χ1) is 8.45. The van der Waals surface area contributed by atoms with Crippen molar-refractivity contribution in [2.75, 3.05) is 11.9 Å². The van der Waals surface area contributed by atoms with Gasteiger partial charge in [-0.15, -0.1) is 11.6 Å². The zero-order chi connectivity index (χ0) is 13.7. The molecule has 0 saturated carbocycles. The monoisotopic (exact) mass is 272 g/mol. The predicted octanol–water partition coefficient (Wildman–Crippen LogP) is 2.56. The topological polar surface area (TPSA) is 81.5 Å². The lowest BCUT2D eigenvalue weighted by Crippen LogP contribution is -2.20. The Morgan fingerprint density at radius 2 is 2.28 bits per heavy atom. The Morgan fingerprint density at radius 1 is 1.61 bits per heavy atom. The van der Waals surface area contributed by atoms with Gasteiger partial charge in [-0.05, 0) is 26.0 Å². The van der Waals surface area contributed by atoms with E-state index in [1.54, 1.807) is 13.0 Å². The summed E-state index contributed by atoms with van der Waals surface area (Å²) >= 11 is 5.58. The summed E-state index contributed by atoms with van der Waals surface area (Å²) in [6.07, 6.45) is 0. The highest BCUT2D eigenvalue weighted by atomic mass is 35.5. The average Bonchev–Trinajstić information content (AvgIpc) is 2.30. The van der Waals surface area contributed by atoms with Crippen molar-refractivity contribution in [1.29, 1.82) is 0 Å². The number of benzene rings is 1. The maximum Gasteiger partial charge on any atom is 0.296 e. The van der Waals surface area contributed by atoms with Gasteiger partial charge in [-0.3, -0.25) is 14.9 Å². The number of nitrogens with one attached hydrogen (secondary N) is 1. The van der Waals surface area contributed by atoms with Gasteiger partial charge in [-0.25, -0.2) is 0 Å². The summed E-state index contributed by atoms with van der Waals surface area (Å²) in [5.41, 5.74) is -0.132. The maximum absolute atomic E-state index is 11.4. The van der Waals surface area contributed by atoms with E-state index in [-0.39, 0.29) is 11.4 Å². The Bertz CT molecular complexity index is 462. The molecule has 0 saturated heterocycles. The van der Waals surface area contributed by atoms with Crippen molar-refractivity contribution in [2.45, 2.75) is 19.2 Å². The Morgan fingerprint density at radius 3 is 2.78 bits per heavy atom. The second-order valence-electron chi connectivity index (χ2n) is 3.47. The minimum Gasteiger partial charge on any atom is -0.494 e. The number of hydrogen-bond donors (Lipinski definition) is 1. The smallest absolute Gasteiger partial charge is 0.296 e. The van der Waals surface area contributed by atoms with Crippen molar-refractivity contribution in [2.24, 2.45) is 0 Å². The SMILES string of the molecule is CCOc1ccc(NC(=O)C(C)Cl)c([N+](=O)[O-])c1. The predicted molar refractivity (Wildman–Crippen MR) is 68.2 cm³/mol. The van der Waals surface area contributed by atoms with Crippen LogP contribution < -0.4 is 10.1 Å². The lowest BCUT2D eigenvalue weighted by molar-refractivity contribution is -0.384. The molecule has 6 nitrogen and oxygen atoms in total. The van der Waals surface area contributed by atoms with Crippen LogP contribution in [0, 0.1) is 10.1 Å². The van der Waals surface area contributed by atoms with Crippen molar-refractivity contribution in [3.8, 4) is 5.75 Å². The quantitative estimate of drug-likeness (QED) is 0.507. The average molecular weight is 273 g/mol. The van der Waals surface area contributed by atoms with Gasteiger partial charge in [0.15, 0.2) is 0 Å². The van der Waals surface area contributed by atoms with E-state index >= 15 is 0 Å². The van der Waals surface area contributed by atoms with Crippen LogP contribution in [0.25, 0.3) is 0 Å². The molecule has 0 aromatic heterocycles. The fourth-order valence-electron chi connectivity index (χ4n) is 1.26. The molecule has 0 bridgehead atoms. The van der Waals surface area contributed by atoms with Crippen LogP contribution in [0.5, 0.6) is 5.75 Å². The summed E-state index contributed by atoms with van der Waals surface area (Å²) in [6.45, 7) is 3.66. The zero-order valence-electron chi connectivity index (χ0n) is 9.97. The highest BCUT2D eigenvalue weighted by Crippen LogP contribution is 2.29. The van der Waals surface area contributed by atoms with Gasteiger partial charge in [0.25, 0.3) is 5.69 Å². The molecule has 0 heterocycles. The Kier molecular flexibility index (Phi) is 4.91. The van der Waals surface area contributed by atoms with Crippen molar-refractivity contribution in [1.82, 2.24) is 0 Å². The molecule has 1 unspecified atom stereocenters. The molecule has 1 rings (SSSR count). The molecule has 1 N–H and O–H groups in total. The van der Waals surface area contributed by atoms with Crippen LogP contribution >= 0.6 is 11.6 Å². The van der Waals surface area contributed by atoms with Crippen molar-refractivity contribution in [3.05, 3.63) is 28.3 Å². The highest BCUT2D eigenvalue weighted by molar-refractivity contribution is 6.32. The second kappa shape index (κ2) is 6.20. The Balaban J connectivity index is 3.04. The Hall–Kier alpha value is -1.82. The molecular formula is C11H13ClN2O4. The number of alkyl halides is 1. The van der Waals surface area contributed by atoms with Gasteiger partial charge < -0.3 is 10.1 Å². The number of anilines is 1. The molecule has 1 aromatic rings. The molecule has 98 valence electrons. The van der Waals surface area contributed by atoms with E-state index in [2.05, 4.69) is 5.32 Å². The molecule has 0 radical (unpaired) electrons. The summed E-state index contributed by atoms with van der Waals surface area (Å²) in [6, 6.07) is 4.23. The number of nitrogens with zero attached hydrogens (tertiary/aromatic N) is 1. The third-order valence-corrected chi connectivity index (χ3v) is 2.29. The summed E-state index contributed by atoms with van der Waals surface area (Å²) < 4.78 is 5.16. The van der Waals surface area contributed by atoms with Gasteiger partial charge in [0, 0.05) is 0 Å². The van der Waals surface area contributed by atoms with Crippen LogP contribution in [0.2, 0.25) is 0 Å². The number of halogens is 1. The van der Waals surface area contributed by atoms with E-state index in [1.807, 2.05) is 0 Å². The fourth-order valence-corrected chi connectivity index (χ4v) is 1.31. The van der Waals surface area contributed by atoms with Crippen molar-refractivity contribution < 1.29 is 14.5 Å². The Labute approximate surface area is 109 Å². The molecule has 0 fully saturated rings. The fraction of sp³-hybridized carbons (Fsp3) is 0.364. The number of nitro groups is 1. The van der Waals surface area contributed by atoms with Gasteiger partial charge in [0.05, 0.1) is 17.6 Å². The first-order valence-corrected chi connectivity index (χ1v) is 5.75. The number of carbonyl (C=O) groups is 1. The third kappa shape index (κ3) is 3.59. The second-order valence-corrected chi connectivity index (χ2v) is 4.13. The third-order valence-electron chi connectivity index (χ3n) is 2.10. The van der Waals surface area contributed by atoms with Crippen LogP contribution in [0.3, 0.4) is 0 Å². The molecule has 7 heteroatoms. The molecule has 0 spiro atoms. The van der Waals surface area contributed by atoms with E-state index < -0.39 is 16.2 Å². The number of rotatable bonds is 5. The van der Waals surface area contributed by atoms with Crippen molar-refractivity contribution >= 4 is 28.9 Å². The summed E-state index contributed by atoms with van der Waals surface area (Å²) in [4.78, 5) is 21.7. The summed E-state index contributed by atoms with van der Waals surface area (Å²) in [5, 5.41) is 12.5. The molecule has 0 aliphatic heterocycles. The van der Waals surface area contributed by atoms with Gasteiger partial charge in [0.2, 0.25) is 5.91 Å². The van der Waals surface area contributed by atoms with E-state index in [9.17, 15) is 14.9 Å². The van der Waals surface area contributed by atoms with Crippen LogP contribution in [-0.2, 0) is 4.79 Å². The number of carbonyl (C=O) groups excluding carboxylic acids is 1. The number of hydrogen-bond acceptors (Lipinski definition) is 4. The summed E-state index contributed by atoms with van der Waals surface area (Å²) in [7, 11) is 0. The molecule has 0 aliphatic carbocycles. The molecule has 0 aliphatic rings. The van der Waals surface area contributed by atoms with Crippen LogP contribution in [0.4, 0.5) is 11.4 Å². The number of ether oxygens (including phenoxy) is 1. The highest BCUT2D eigenvalue weighted by Gasteiger charge is 2.19. The number of nitro benzene ring substituents is 1. The summed E-state index contributed by atoms with van der Waals surface area (Å²) in [5.74, 6) is -0.120. The van der Waals surface area contributed by atoms with E-state index in [4.69, 9.17) is 16.3 Å². The molecular weight excluding hydrogens is 260 g/mol. The standard InChI is InChI=1S/C11H13ClN2O4/c1-3-18-8-4-5-9(10(6-8)14(16)17)13-11(15)7(2)12/h4-7H,3H2,1-2H3,(H,13,15). The zero-order valence-corrected chi connectivity index (χ0v) is 10.7. The van der Waals surface area contributed by atoms with E-state index in [0.717, 1.165) is 0 Å². The van der Waals surface area contributed by atoms with E-state index in [0.29, 0.717) is 12.4 Å².